The van der Waals surface area contributed by atoms with Crippen molar-refractivity contribution in [2.24, 2.45) is 0 Å². The first-order chi connectivity index (χ1) is 13.5. The van der Waals surface area contributed by atoms with Crippen molar-refractivity contribution >= 4 is 28.4 Å². The highest BCUT2D eigenvalue weighted by molar-refractivity contribution is 7.25. The van der Waals surface area contributed by atoms with Gasteiger partial charge in [-0.3, -0.25) is 0 Å². The lowest BCUT2D eigenvalue weighted by Crippen LogP contribution is -2.41. The second-order valence-corrected chi connectivity index (χ2v) is 6.62. The molecule has 2 aliphatic rings. The summed E-state index contributed by atoms with van der Waals surface area (Å²) < 4.78 is 99.6. The second-order valence-electron chi connectivity index (χ2n) is 5.61. The third kappa shape index (κ3) is 2.28. The normalized spacial score (nSPS) is 43.5. The minimum absolute atomic E-state index is 0.0340. The Morgan fingerprint density at radius 3 is 2.40 bits per heavy atom. The standard InChI is InChI=1S/C14H23BN2O2S/c1-10-11(15-18-13(2,3)14(4,5)19-15)20-12(16-10)17-8-6-7-9-17/h6-9H2,1-5H3/i1D3,6D2,7D2,8D2,9D2. The predicted molar refractivity (Wildman–Crippen MR) is 84.0 cm³/mol. The van der Waals surface area contributed by atoms with Gasteiger partial charge in [-0.05, 0) is 47.3 Å². The molecular formula is C14H23BN2O2S. The van der Waals surface area contributed by atoms with Crippen LogP contribution in [0.5, 0.6) is 0 Å². The van der Waals surface area contributed by atoms with Gasteiger partial charge in [0, 0.05) is 28.1 Å². The van der Waals surface area contributed by atoms with E-state index in [-0.39, 0.29) is 9.68 Å². The van der Waals surface area contributed by atoms with Gasteiger partial charge in [-0.25, -0.2) is 4.98 Å². The van der Waals surface area contributed by atoms with E-state index in [0.29, 0.717) is 11.3 Å². The fourth-order valence-electron chi connectivity index (χ4n) is 1.82. The van der Waals surface area contributed by atoms with Gasteiger partial charge in [0.2, 0.25) is 0 Å². The van der Waals surface area contributed by atoms with Crippen molar-refractivity contribution in [2.75, 3.05) is 17.9 Å². The maximum atomic E-state index is 8.17. The third-order valence-electron chi connectivity index (χ3n) is 3.70. The van der Waals surface area contributed by atoms with E-state index in [0.717, 1.165) is 0 Å². The molecule has 2 fully saturated rings. The smallest absolute Gasteiger partial charge is 0.399 e. The summed E-state index contributed by atoms with van der Waals surface area (Å²) in [7, 11) is -1.18. The zero-order chi connectivity index (χ0) is 24.2. The number of anilines is 1. The molecule has 0 unspecified atom stereocenters. The number of aromatic nitrogens is 1. The van der Waals surface area contributed by atoms with Gasteiger partial charge < -0.3 is 14.2 Å². The fourth-order valence-corrected chi connectivity index (χ4v) is 2.67. The summed E-state index contributed by atoms with van der Waals surface area (Å²) in [5.74, 6) is 0. The zero-order valence-corrected chi connectivity index (χ0v) is 12.5. The highest BCUT2D eigenvalue weighted by Gasteiger charge is 2.53. The molecule has 110 valence electrons. The maximum Gasteiger partial charge on any atom is 0.507 e. The number of hydrogen-bond acceptors (Lipinski definition) is 5. The summed E-state index contributed by atoms with van der Waals surface area (Å²) in [6.07, 6.45) is -6.53. The van der Waals surface area contributed by atoms with E-state index in [4.69, 9.17) is 24.4 Å². The molecule has 0 aliphatic carbocycles. The van der Waals surface area contributed by atoms with Crippen LogP contribution in [0, 0.1) is 6.85 Å². The summed E-state index contributed by atoms with van der Waals surface area (Å²) in [5, 5.41) is -0.518. The summed E-state index contributed by atoms with van der Waals surface area (Å²) >= 11 is 0.580. The van der Waals surface area contributed by atoms with Crippen LogP contribution in [-0.2, 0) is 9.31 Å². The van der Waals surface area contributed by atoms with Crippen LogP contribution in [0.3, 0.4) is 0 Å². The molecule has 2 aliphatic heterocycles. The predicted octanol–water partition coefficient (Wildman–Crippen LogP) is 2.35. The molecule has 0 amide bonds. The fraction of sp³-hybridized carbons (Fsp3) is 0.786. The largest absolute Gasteiger partial charge is 0.507 e. The Morgan fingerprint density at radius 2 is 1.85 bits per heavy atom. The highest BCUT2D eigenvalue weighted by Crippen LogP contribution is 2.37. The van der Waals surface area contributed by atoms with E-state index >= 15 is 0 Å². The van der Waals surface area contributed by atoms with E-state index in [1.807, 2.05) is 0 Å². The molecule has 0 aromatic carbocycles. The molecule has 6 heteroatoms. The molecule has 4 nitrogen and oxygen atoms in total. The van der Waals surface area contributed by atoms with Crippen molar-refractivity contribution < 1.29 is 24.4 Å². The molecule has 0 spiro atoms. The third-order valence-corrected chi connectivity index (χ3v) is 4.76. The number of aryl methyl sites for hydroxylation is 1. The molecule has 1 aromatic heterocycles. The number of rotatable bonds is 2. The minimum atomic E-state index is -3.26. The van der Waals surface area contributed by atoms with Crippen LogP contribution >= 0.6 is 11.3 Å². The summed E-state index contributed by atoms with van der Waals surface area (Å²) in [6.45, 7) is -2.11. The van der Waals surface area contributed by atoms with Gasteiger partial charge in [-0.15, -0.1) is 11.3 Å². The van der Waals surface area contributed by atoms with Crippen molar-refractivity contribution in [3.8, 4) is 0 Å². The Morgan fingerprint density at radius 1 is 1.25 bits per heavy atom. The van der Waals surface area contributed by atoms with Crippen LogP contribution in [-0.4, -0.2) is 36.3 Å². The molecule has 20 heavy (non-hydrogen) atoms. The molecule has 0 saturated carbocycles. The highest BCUT2D eigenvalue weighted by atomic mass is 32.1. The first kappa shape index (κ1) is 6.27. The Labute approximate surface area is 141 Å². The van der Waals surface area contributed by atoms with Gasteiger partial charge in [0.1, 0.15) is 0 Å². The second kappa shape index (κ2) is 4.72. The van der Waals surface area contributed by atoms with E-state index in [9.17, 15) is 0 Å². The molecule has 0 N–H and O–H groups in total. The van der Waals surface area contributed by atoms with E-state index < -0.39 is 61.7 Å². The topological polar surface area (TPSA) is 34.6 Å². The van der Waals surface area contributed by atoms with Crippen LogP contribution in [0.25, 0.3) is 0 Å². The van der Waals surface area contributed by atoms with Crippen molar-refractivity contribution in [3.63, 3.8) is 0 Å². The SMILES string of the molecule is [2H]C([2H])([2H])c1nc(N2C([2H])([2H])C([2H])([2H])C([2H])([2H])C2([2H])[2H])sc1B1OC(C)(C)C(C)(C)O1. The maximum absolute atomic E-state index is 8.17. The molecule has 3 heterocycles. The van der Waals surface area contributed by atoms with E-state index in [1.54, 1.807) is 27.7 Å². The number of thiazole rings is 1. The number of nitrogens with zero attached hydrogens (tertiary/aromatic N) is 2. The Bertz CT molecular complexity index is 857. The van der Waals surface area contributed by atoms with E-state index in [2.05, 4.69) is 4.98 Å². The average Bonchev–Trinajstić information content (AvgIpc) is 3.06. The average molecular weight is 305 g/mol. The van der Waals surface area contributed by atoms with Crippen molar-refractivity contribution in [1.29, 1.82) is 0 Å². The molecule has 3 rings (SSSR count). The Hall–Kier alpha value is -0.585. The first-order valence-corrected chi connectivity index (χ1v) is 7.01. The van der Waals surface area contributed by atoms with Gasteiger partial charge >= 0.3 is 7.12 Å². The van der Waals surface area contributed by atoms with Crippen molar-refractivity contribution in [1.82, 2.24) is 4.98 Å². The monoisotopic (exact) mass is 305 g/mol. The summed E-state index contributed by atoms with van der Waals surface area (Å²) in [5.41, 5.74) is -2.13. The van der Waals surface area contributed by atoms with Gasteiger partial charge in [0.15, 0.2) is 5.13 Å². The molecule has 1 aromatic rings. The molecule has 0 bridgehead atoms. The van der Waals surface area contributed by atoms with E-state index in [1.165, 1.54) is 0 Å². The quantitative estimate of drug-likeness (QED) is 0.786. The molecule has 0 radical (unpaired) electrons. The van der Waals surface area contributed by atoms with Crippen molar-refractivity contribution in [2.45, 2.75) is 58.5 Å². The van der Waals surface area contributed by atoms with Crippen molar-refractivity contribution in [3.05, 3.63) is 5.69 Å². The molecule has 0 atom stereocenters. The van der Waals surface area contributed by atoms with Crippen LogP contribution in [0.2, 0.25) is 0 Å². The summed E-state index contributed by atoms with van der Waals surface area (Å²) in [4.78, 5) is 4.18. The molecular weight excluding hydrogens is 271 g/mol. The lowest BCUT2D eigenvalue weighted by molar-refractivity contribution is 0.00578. The van der Waals surface area contributed by atoms with Gasteiger partial charge in [0.25, 0.3) is 0 Å². The lowest BCUT2D eigenvalue weighted by Gasteiger charge is -2.32. The summed E-state index contributed by atoms with van der Waals surface area (Å²) in [6, 6.07) is 0. The first-order valence-electron chi connectivity index (χ1n) is 11.7. The Balaban J connectivity index is 2.19. The van der Waals surface area contributed by atoms with Gasteiger partial charge in [0.05, 0.1) is 21.7 Å². The van der Waals surface area contributed by atoms with Crippen LogP contribution in [0.4, 0.5) is 5.13 Å². The van der Waals surface area contributed by atoms with Crippen LogP contribution in [0.1, 0.15) is 61.2 Å². The van der Waals surface area contributed by atoms with Gasteiger partial charge in [-0.2, -0.15) is 0 Å². The number of hydrogen-bond donors (Lipinski definition) is 0. The lowest BCUT2D eigenvalue weighted by atomic mass is 9.86. The Kier molecular flexibility index (Phi) is 1.48. The van der Waals surface area contributed by atoms with Crippen LogP contribution < -0.4 is 9.68 Å². The zero-order valence-electron chi connectivity index (χ0n) is 22.7. The molecule has 2 saturated heterocycles. The minimum Gasteiger partial charge on any atom is -0.399 e. The van der Waals surface area contributed by atoms with Crippen LogP contribution in [0.15, 0.2) is 0 Å². The van der Waals surface area contributed by atoms with Gasteiger partial charge in [-0.1, -0.05) is 0 Å².